The zero-order valence-corrected chi connectivity index (χ0v) is 29.0. The second kappa shape index (κ2) is 16.3. The Morgan fingerprint density at radius 1 is 0.673 bits per heavy atom. The van der Waals surface area contributed by atoms with Crippen LogP contribution in [0.1, 0.15) is 6.92 Å². The minimum absolute atomic E-state index is 0.0208. The number of hydrogen-bond donors (Lipinski definition) is 12. The van der Waals surface area contributed by atoms with E-state index in [9.17, 15) is 66.1 Å². The van der Waals surface area contributed by atoms with E-state index in [4.69, 9.17) is 37.6 Å². The Morgan fingerprint density at radius 3 is 1.93 bits per heavy atom. The summed E-state index contributed by atoms with van der Waals surface area (Å²) in [5.41, 5.74) is -1.42. The van der Waals surface area contributed by atoms with Gasteiger partial charge in [0.15, 0.2) is 23.5 Å². The van der Waals surface area contributed by atoms with Crippen molar-refractivity contribution in [2.75, 3.05) is 20.3 Å². The van der Waals surface area contributed by atoms with E-state index in [2.05, 4.69) is 0 Å². The molecular weight excluding hydrogens is 744 g/mol. The molecule has 304 valence electrons. The van der Waals surface area contributed by atoms with Crippen LogP contribution in [0.4, 0.5) is 0 Å². The van der Waals surface area contributed by atoms with Gasteiger partial charge in [-0.2, -0.15) is 0 Å². The molecule has 21 nitrogen and oxygen atoms in total. The minimum atomic E-state index is -2.03. The lowest BCUT2D eigenvalue weighted by molar-refractivity contribution is -0.318. The maximum absolute atomic E-state index is 14.2. The van der Waals surface area contributed by atoms with Crippen molar-refractivity contribution in [2.24, 2.45) is 0 Å². The van der Waals surface area contributed by atoms with Crippen LogP contribution in [0.3, 0.4) is 0 Å². The third-order valence-electron chi connectivity index (χ3n) is 9.58. The zero-order valence-electron chi connectivity index (χ0n) is 29.0. The summed E-state index contributed by atoms with van der Waals surface area (Å²) in [6.45, 7) is 0.0170. The molecule has 3 aliphatic heterocycles. The molecule has 21 heteroatoms. The van der Waals surface area contributed by atoms with Gasteiger partial charge >= 0.3 is 0 Å². The maximum atomic E-state index is 14.2. The monoisotopic (exact) mass is 786 g/mol. The lowest BCUT2D eigenvalue weighted by Crippen LogP contribution is -2.61. The third kappa shape index (κ3) is 7.77. The van der Waals surface area contributed by atoms with Crippen molar-refractivity contribution < 1.29 is 98.9 Å². The fraction of sp³-hybridized carbons (Fsp3) is 0.559. The predicted molar refractivity (Wildman–Crippen MR) is 178 cm³/mol. The molecule has 0 aliphatic carbocycles. The van der Waals surface area contributed by atoms with Crippen molar-refractivity contribution in [2.45, 2.75) is 99.0 Å². The lowest BCUT2D eigenvalue weighted by atomic mass is 9.98. The highest BCUT2D eigenvalue weighted by molar-refractivity contribution is 5.88. The van der Waals surface area contributed by atoms with Crippen molar-refractivity contribution in [1.82, 2.24) is 0 Å². The van der Waals surface area contributed by atoms with Crippen LogP contribution in [-0.2, 0) is 18.9 Å². The van der Waals surface area contributed by atoms with Crippen LogP contribution in [0.25, 0.3) is 22.3 Å². The van der Waals surface area contributed by atoms with Crippen molar-refractivity contribution >= 4 is 11.0 Å². The molecule has 6 rings (SSSR count). The molecular formula is C34H42O21. The van der Waals surface area contributed by atoms with Gasteiger partial charge in [0.1, 0.15) is 89.6 Å². The molecule has 3 aliphatic rings. The summed E-state index contributed by atoms with van der Waals surface area (Å²) < 4.78 is 44.6. The first-order valence-electron chi connectivity index (χ1n) is 16.9. The Balaban J connectivity index is 1.35. The molecule has 4 heterocycles. The highest BCUT2D eigenvalue weighted by Crippen LogP contribution is 2.40. The van der Waals surface area contributed by atoms with E-state index in [1.54, 1.807) is 0 Å². The molecule has 0 radical (unpaired) electrons. The van der Waals surface area contributed by atoms with Crippen LogP contribution >= 0.6 is 0 Å². The van der Waals surface area contributed by atoms with Crippen LogP contribution < -0.4 is 19.6 Å². The van der Waals surface area contributed by atoms with Gasteiger partial charge in [0, 0.05) is 17.7 Å². The highest BCUT2D eigenvalue weighted by atomic mass is 16.7. The molecule has 0 spiro atoms. The lowest BCUT2D eigenvalue weighted by Gasteiger charge is -2.42. The maximum Gasteiger partial charge on any atom is 0.239 e. The summed E-state index contributed by atoms with van der Waals surface area (Å²) in [5, 5.41) is 124. The SMILES string of the molecule is COc1cc(-c2oc3cc(O[C@@H]4O[C@H](CO)[C@@H](O)[C@H](O)[C@H]4O)cc(O)c3c(=O)c2O[C@@H]2O[C@H](CO[C@@H]3O[C@@H](C)[C@H](O)[C@@H](O)[C@H]3O)[C@@H](O)[C@H](O)[C@H]2O)ccc1O. The second-order valence-electron chi connectivity index (χ2n) is 13.3. The Hall–Kier alpha value is -3.91. The number of aliphatic hydroxyl groups is 10. The number of benzene rings is 2. The Bertz CT molecular complexity index is 1870. The molecule has 2 aromatic carbocycles. The normalized spacial score (nSPS) is 36.8. The van der Waals surface area contributed by atoms with E-state index < -0.39 is 133 Å². The smallest absolute Gasteiger partial charge is 0.239 e. The summed E-state index contributed by atoms with van der Waals surface area (Å²) in [5.74, 6) is -2.58. The van der Waals surface area contributed by atoms with Gasteiger partial charge in [-0.15, -0.1) is 0 Å². The van der Waals surface area contributed by atoms with Crippen molar-refractivity contribution in [3.05, 3.63) is 40.6 Å². The van der Waals surface area contributed by atoms with E-state index in [-0.39, 0.29) is 28.4 Å². The summed E-state index contributed by atoms with van der Waals surface area (Å²) in [6.07, 6.45) is -24.9. The van der Waals surface area contributed by atoms with E-state index >= 15 is 0 Å². The van der Waals surface area contributed by atoms with E-state index in [0.717, 1.165) is 12.1 Å². The van der Waals surface area contributed by atoms with Gasteiger partial charge in [-0.1, -0.05) is 0 Å². The zero-order chi connectivity index (χ0) is 40.0. The molecule has 12 N–H and O–H groups in total. The third-order valence-corrected chi connectivity index (χ3v) is 9.58. The van der Waals surface area contributed by atoms with Crippen LogP contribution in [0, 0.1) is 0 Å². The molecule has 3 fully saturated rings. The summed E-state index contributed by atoms with van der Waals surface area (Å²) >= 11 is 0. The van der Waals surface area contributed by atoms with E-state index in [1.807, 2.05) is 0 Å². The number of aromatic hydroxyl groups is 2. The Morgan fingerprint density at radius 2 is 1.27 bits per heavy atom. The molecule has 3 saturated heterocycles. The van der Waals surface area contributed by atoms with Crippen molar-refractivity contribution in [1.29, 1.82) is 0 Å². The largest absolute Gasteiger partial charge is 0.507 e. The van der Waals surface area contributed by atoms with E-state index in [0.29, 0.717) is 0 Å². The molecule has 1 aromatic heterocycles. The van der Waals surface area contributed by atoms with Crippen molar-refractivity contribution in [3.8, 4) is 40.1 Å². The molecule has 0 saturated carbocycles. The fourth-order valence-corrected chi connectivity index (χ4v) is 6.35. The topological polar surface area (TPSA) is 338 Å². The number of ether oxygens (including phenoxy) is 7. The van der Waals surface area contributed by atoms with Crippen LogP contribution in [0.5, 0.6) is 28.7 Å². The first-order chi connectivity index (χ1) is 26.1. The van der Waals surface area contributed by atoms with Crippen molar-refractivity contribution in [3.63, 3.8) is 0 Å². The van der Waals surface area contributed by atoms with Gasteiger partial charge in [0.05, 0.1) is 26.4 Å². The van der Waals surface area contributed by atoms with Gasteiger partial charge in [-0.25, -0.2) is 0 Å². The van der Waals surface area contributed by atoms with Gasteiger partial charge in [-0.05, 0) is 25.1 Å². The molecule has 0 amide bonds. The number of fused-ring (bicyclic) bond motifs is 1. The summed E-state index contributed by atoms with van der Waals surface area (Å²) in [6, 6.07) is 5.75. The summed E-state index contributed by atoms with van der Waals surface area (Å²) in [7, 11) is 1.25. The molecule has 0 bridgehead atoms. The predicted octanol–water partition coefficient (Wildman–Crippen LogP) is -3.91. The molecule has 3 aromatic rings. The second-order valence-corrected chi connectivity index (χ2v) is 13.3. The number of aliphatic hydroxyl groups excluding tert-OH is 10. The highest BCUT2D eigenvalue weighted by Gasteiger charge is 2.48. The average Bonchev–Trinajstić information content (AvgIpc) is 3.16. The molecule has 0 unspecified atom stereocenters. The average molecular weight is 787 g/mol. The Labute approximate surface area is 309 Å². The van der Waals surface area contributed by atoms with Gasteiger partial charge in [-0.3, -0.25) is 4.79 Å². The first kappa shape index (κ1) is 40.7. The standard InChI is InChI=1S/C34H42O21/c1-10-20(38)24(42)27(45)32(50-10)49-9-18-22(40)26(44)29(47)34(54-18)55-31-23(41)19-14(37)6-12(51-33-28(46)25(43)21(39)17(8-35)53-33)7-16(19)52-30(31)11-3-4-13(36)15(5-11)48-2/h3-7,10,17-18,20-22,24-29,32-40,42-47H,8-9H2,1-2H3/t10-,17+,18+,20-,21+,22+,24+,25-,26-,27+,28+,29+,32+,33+,34-/m0/s1. The minimum Gasteiger partial charge on any atom is -0.507 e. The fourth-order valence-electron chi connectivity index (χ4n) is 6.35. The van der Waals surface area contributed by atoms with Crippen LogP contribution in [-0.4, -0.2) is 174 Å². The number of phenolic OH excluding ortho intramolecular Hbond substituents is 2. The van der Waals surface area contributed by atoms with Gasteiger partial charge in [0.2, 0.25) is 23.8 Å². The number of methoxy groups -OCH3 is 1. The number of phenols is 2. The van der Waals surface area contributed by atoms with Crippen LogP contribution in [0.2, 0.25) is 0 Å². The van der Waals surface area contributed by atoms with E-state index in [1.165, 1.54) is 32.2 Å². The number of rotatable bonds is 10. The molecule has 15 atom stereocenters. The van der Waals surface area contributed by atoms with Gasteiger partial charge < -0.3 is 98.9 Å². The first-order valence-corrected chi connectivity index (χ1v) is 16.9. The number of hydrogen-bond acceptors (Lipinski definition) is 21. The summed E-state index contributed by atoms with van der Waals surface area (Å²) in [4.78, 5) is 14.2. The Kier molecular flexibility index (Phi) is 12.1. The van der Waals surface area contributed by atoms with Gasteiger partial charge in [0.25, 0.3) is 0 Å². The quantitative estimate of drug-likeness (QED) is 0.0934. The van der Waals surface area contributed by atoms with Crippen LogP contribution in [0.15, 0.2) is 39.5 Å². The molecule has 55 heavy (non-hydrogen) atoms.